The minimum atomic E-state index is -0.808. The Kier molecular flexibility index (Phi) is 2.81. The third-order valence-electron chi connectivity index (χ3n) is 1.69. The van der Waals surface area contributed by atoms with Crippen LogP contribution in [0.5, 0.6) is 0 Å². The predicted octanol–water partition coefficient (Wildman–Crippen LogP) is 0.667. The first kappa shape index (κ1) is 11.0. The van der Waals surface area contributed by atoms with Gasteiger partial charge in [0.1, 0.15) is 0 Å². The molecule has 1 radical (unpaired) electrons. The van der Waals surface area contributed by atoms with Crippen LogP contribution in [0.1, 0.15) is 0 Å². The van der Waals surface area contributed by atoms with E-state index in [1.807, 2.05) is 0 Å². The van der Waals surface area contributed by atoms with E-state index in [1.165, 1.54) is 0 Å². The zero-order chi connectivity index (χ0) is 11.2. The molecule has 77 valence electrons. The van der Waals surface area contributed by atoms with Crippen molar-refractivity contribution in [2.75, 3.05) is 0 Å². The number of halogens is 3. The molecule has 0 spiro atoms. The Morgan fingerprint density at radius 1 is 1.47 bits per heavy atom. The van der Waals surface area contributed by atoms with E-state index in [4.69, 9.17) is 11.6 Å². The first-order chi connectivity index (χ1) is 7.00. The molecule has 2 aromatic heterocycles. The zero-order valence-electron chi connectivity index (χ0n) is 6.84. The van der Waals surface area contributed by atoms with Crippen LogP contribution in [0.4, 0.5) is 4.39 Å². The standard InChI is InChI=1S/C7HBrClFN3OSe/c8-4-1-3(2(10)5(9)12-4)11-7(15)13-6(1)14/h(H,11,13,14). The molecule has 15 heavy (non-hydrogen) atoms. The van der Waals surface area contributed by atoms with Gasteiger partial charge in [-0.15, -0.1) is 0 Å². The first-order valence-corrected chi connectivity index (χ1v) is 5.65. The molecule has 2 heterocycles. The van der Waals surface area contributed by atoms with Crippen LogP contribution in [-0.2, 0) is 0 Å². The minimum absolute atomic E-state index is 0.0379. The molecule has 0 aromatic carbocycles. The second-order valence-electron chi connectivity index (χ2n) is 2.60. The Bertz CT molecular complexity index is 617. The Morgan fingerprint density at radius 3 is 2.80 bits per heavy atom. The fraction of sp³-hybridized carbons (Fsp3) is 0. The van der Waals surface area contributed by atoms with Crippen molar-refractivity contribution < 1.29 is 4.39 Å². The number of rotatable bonds is 0. The van der Waals surface area contributed by atoms with Crippen LogP contribution in [0.3, 0.4) is 0 Å². The van der Waals surface area contributed by atoms with Crippen molar-refractivity contribution in [1.82, 2.24) is 15.0 Å². The second-order valence-corrected chi connectivity index (χ2v) is 4.52. The Balaban J connectivity index is 3.10. The molecule has 0 fully saturated rings. The fourth-order valence-corrected chi connectivity index (χ4v) is 2.30. The number of H-pyrrole nitrogens is 1. The van der Waals surface area contributed by atoms with Crippen LogP contribution in [0.2, 0.25) is 5.15 Å². The molecule has 4 nitrogen and oxygen atoms in total. The average molecular weight is 356 g/mol. The van der Waals surface area contributed by atoms with Gasteiger partial charge in [-0.25, -0.2) is 0 Å². The second kappa shape index (κ2) is 3.82. The van der Waals surface area contributed by atoms with Crippen molar-refractivity contribution in [2.45, 2.75) is 0 Å². The number of pyridine rings is 1. The van der Waals surface area contributed by atoms with Crippen molar-refractivity contribution in [2.24, 2.45) is 0 Å². The van der Waals surface area contributed by atoms with Crippen molar-refractivity contribution >= 4 is 59.2 Å². The Hall–Kier alpha value is -0.491. The molecular weight excluding hydrogens is 355 g/mol. The molecule has 0 saturated heterocycles. The van der Waals surface area contributed by atoms with Crippen molar-refractivity contribution in [3.63, 3.8) is 0 Å². The summed E-state index contributed by atoms with van der Waals surface area (Å²) < 4.78 is 13.9. The van der Waals surface area contributed by atoms with Gasteiger partial charge in [0.2, 0.25) is 0 Å². The number of hydrogen-bond donors (Lipinski definition) is 1. The van der Waals surface area contributed by atoms with Gasteiger partial charge in [-0.1, -0.05) is 0 Å². The number of nitrogens with one attached hydrogen (secondary N) is 1. The van der Waals surface area contributed by atoms with E-state index in [1.54, 1.807) is 0 Å². The number of aromatic amines is 1. The quantitative estimate of drug-likeness (QED) is 0.558. The van der Waals surface area contributed by atoms with E-state index in [2.05, 4.69) is 46.9 Å². The van der Waals surface area contributed by atoms with Gasteiger partial charge in [0.05, 0.1) is 0 Å². The third-order valence-corrected chi connectivity index (χ3v) is 2.92. The van der Waals surface area contributed by atoms with E-state index < -0.39 is 11.4 Å². The van der Waals surface area contributed by atoms with Crippen molar-refractivity contribution in [3.05, 3.63) is 25.9 Å². The van der Waals surface area contributed by atoms with Gasteiger partial charge < -0.3 is 0 Å². The van der Waals surface area contributed by atoms with E-state index in [-0.39, 0.29) is 25.4 Å². The molecule has 1 N–H and O–H groups in total. The predicted molar refractivity (Wildman–Crippen MR) is 58.2 cm³/mol. The van der Waals surface area contributed by atoms with E-state index in [9.17, 15) is 9.18 Å². The zero-order valence-corrected chi connectivity index (χ0v) is 10.9. The van der Waals surface area contributed by atoms with Crippen LogP contribution < -0.4 is 10.3 Å². The summed E-state index contributed by atoms with van der Waals surface area (Å²) >= 11 is 11.0. The number of hydrogen-bond acceptors (Lipinski definition) is 3. The summed E-state index contributed by atoms with van der Waals surface area (Å²) in [7, 11) is 0. The van der Waals surface area contributed by atoms with Gasteiger partial charge in [0.15, 0.2) is 0 Å². The summed E-state index contributed by atoms with van der Waals surface area (Å²) in [6.07, 6.45) is 0. The summed E-state index contributed by atoms with van der Waals surface area (Å²) in [5.74, 6) is -0.808. The molecule has 0 unspecified atom stereocenters. The van der Waals surface area contributed by atoms with E-state index in [0.29, 0.717) is 0 Å². The molecular formula is C7HBrClFN3OSe. The van der Waals surface area contributed by atoms with Gasteiger partial charge in [-0.3, -0.25) is 0 Å². The number of fused-ring (bicyclic) bond motifs is 1. The molecule has 0 aliphatic heterocycles. The number of nitrogens with zero attached hydrogens (tertiary/aromatic N) is 2. The van der Waals surface area contributed by atoms with Crippen LogP contribution in [-0.4, -0.2) is 31.0 Å². The summed E-state index contributed by atoms with van der Waals surface area (Å²) in [5.41, 5.74) is -0.594. The maximum atomic E-state index is 13.5. The van der Waals surface area contributed by atoms with Crippen LogP contribution >= 0.6 is 27.5 Å². The first-order valence-electron chi connectivity index (χ1n) is 3.62. The Morgan fingerprint density at radius 2 is 2.13 bits per heavy atom. The van der Waals surface area contributed by atoms with Crippen LogP contribution in [0, 0.1) is 5.82 Å². The molecule has 0 aliphatic carbocycles. The van der Waals surface area contributed by atoms with Gasteiger partial charge in [-0.05, 0) is 0 Å². The number of aromatic nitrogens is 3. The average Bonchev–Trinajstić information content (AvgIpc) is 2.12. The van der Waals surface area contributed by atoms with Gasteiger partial charge in [-0.2, -0.15) is 0 Å². The summed E-state index contributed by atoms with van der Waals surface area (Å²) in [4.78, 5) is 21.3. The van der Waals surface area contributed by atoms with Crippen LogP contribution in [0.15, 0.2) is 9.40 Å². The molecule has 2 rings (SSSR count). The van der Waals surface area contributed by atoms with Gasteiger partial charge in [0.25, 0.3) is 0 Å². The normalized spacial score (nSPS) is 10.9. The van der Waals surface area contributed by atoms with Crippen LogP contribution in [0.25, 0.3) is 10.9 Å². The molecule has 0 amide bonds. The fourth-order valence-electron chi connectivity index (χ4n) is 1.09. The third kappa shape index (κ3) is 1.80. The van der Waals surface area contributed by atoms with Gasteiger partial charge >= 0.3 is 104 Å². The molecule has 2 aromatic rings. The summed E-state index contributed by atoms with van der Waals surface area (Å²) in [6.45, 7) is 0. The topological polar surface area (TPSA) is 58.6 Å². The van der Waals surface area contributed by atoms with Crippen molar-refractivity contribution in [3.8, 4) is 0 Å². The van der Waals surface area contributed by atoms with E-state index in [0.717, 1.165) is 0 Å². The summed E-state index contributed by atoms with van der Waals surface area (Å²) in [6, 6.07) is 0. The molecule has 0 atom stereocenters. The molecule has 0 aliphatic rings. The van der Waals surface area contributed by atoms with Gasteiger partial charge in [0, 0.05) is 0 Å². The molecule has 0 saturated carbocycles. The monoisotopic (exact) mass is 356 g/mol. The molecule has 8 heteroatoms. The summed E-state index contributed by atoms with van der Waals surface area (Å²) in [5, 5.41) is -0.289. The van der Waals surface area contributed by atoms with Crippen molar-refractivity contribution in [1.29, 1.82) is 0 Å². The molecule has 0 bridgehead atoms. The Labute approximate surface area is 104 Å². The van der Waals surface area contributed by atoms with E-state index >= 15 is 0 Å². The SMILES string of the molecule is O=c1[nH]c([Se])nc2c(F)c(Cl)nc(Br)c12. The maximum absolute atomic E-state index is 13.5.